The highest BCUT2D eigenvalue weighted by molar-refractivity contribution is 6.28. The second-order valence-corrected chi connectivity index (χ2v) is 6.63. The van der Waals surface area contributed by atoms with Gasteiger partial charge in [0.15, 0.2) is 0 Å². The minimum absolute atomic E-state index is 0.0300. The number of allylic oxidation sites excluding steroid dienone is 1. The van der Waals surface area contributed by atoms with Crippen molar-refractivity contribution in [2.24, 2.45) is 5.92 Å². The molecule has 27 heavy (non-hydrogen) atoms. The van der Waals surface area contributed by atoms with Crippen LogP contribution in [0.5, 0.6) is 0 Å². The minimum atomic E-state index is -1.04. The van der Waals surface area contributed by atoms with Crippen LogP contribution in [0.25, 0.3) is 0 Å². The molecule has 4 N–H and O–H groups in total. The first-order valence-electron chi connectivity index (χ1n) is 8.72. The summed E-state index contributed by atoms with van der Waals surface area (Å²) in [6.45, 7) is 3.65. The molecule has 0 aromatic heterocycles. The number of aliphatic hydroxyl groups is 2. The van der Waals surface area contributed by atoms with E-state index in [1.807, 2.05) is 13.8 Å². The third kappa shape index (κ3) is 7.40. The first-order chi connectivity index (χ1) is 12.6. The number of esters is 1. The van der Waals surface area contributed by atoms with E-state index in [-0.39, 0.29) is 36.6 Å². The van der Waals surface area contributed by atoms with Crippen molar-refractivity contribution in [3.05, 3.63) is 47.3 Å². The van der Waals surface area contributed by atoms with Crippen LogP contribution in [0.15, 0.2) is 35.9 Å². The van der Waals surface area contributed by atoms with Crippen molar-refractivity contribution in [3.63, 3.8) is 0 Å². The molecule has 148 valence electrons. The summed E-state index contributed by atoms with van der Waals surface area (Å²) in [6.07, 6.45) is -0.545. The standard InChI is InChI=1S/C20H27FN2O4/c1-12(2)19(22)17(20(23)13-4-6-14(21)7-5-13)9-8-15(24)10-16(25)11-18(26)27-3/h4-7,9,12,15-16,22-25H,8,10-11H2,1-3H3/b17-9-,22-19?,23-20?. The number of hydrogen-bond donors (Lipinski definition) is 4. The summed E-state index contributed by atoms with van der Waals surface area (Å²) in [5.41, 5.74) is 1.11. The number of carbonyl (C=O) groups excluding carboxylic acids is 1. The number of rotatable bonds is 10. The number of halogens is 1. The van der Waals surface area contributed by atoms with E-state index < -0.39 is 24.0 Å². The predicted molar refractivity (Wildman–Crippen MR) is 102 cm³/mol. The summed E-state index contributed by atoms with van der Waals surface area (Å²) in [5, 5.41) is 36.5. The molecule has 0 amide bonds. The van der Waals surface area contributed by atoms with E-state index in [1.165, 1.54) is 31.4 Å². The lowest BCUT2D eigenvalue weighted by Crippen LogP contribution is -2.22. The van der Waals surface area contributed by atoms with E-state index in [0.29, 0.717) is 11.1 Å². The Bertz CT molecular complexity index is 698. The van der Waals surface area contributed by atoms with E-state index >= 15 is 0 Å². The van der Waals surface area contributed by atoms with Crippen LogP contribution in [0.1, 0.15) is 38.7 Å². The summed E-state index contributed by atoms with van der Waals surface area (Å²) in [5.74, 6) is -1.12. The average Bonchev–Trinajstić information content (AvgIpc) is 2.61. The van der Waals surface area contributed by atoms with Crippen molar-refractivity contribution in [2.45, 2.75) is 45.3 Å². The number of hydrogen-bond acceptors (Lipinski definition) is 6. The fourth-order valence-electron chi connectivity index (χ4n) is 2.45. The smallest absolute Gasteiger partial charge is 0.308 e. The molecule has 0 aliphatic rings. The van der Waals surface area contributed by atoms with Crippen molar-refractivity contribution in [3.8, 4) is 0 Å². The fourth-order valence-corrected chi connectivity index (χ4v) is 2.45. The van der Waals surface area contributed by atoms with Crippen molar-refractivity contribution in [2.75, 3.05) is 7.11 Å². The van der Waals surface area contributed by atoms with Gasteiger partial charge in [-0.25, -0.2) is 4.39 Å². The van der Waals surface area contributed by atoms with E-state index in [9.17, 15) is 19.4 Å². The van der Waals surface area contributed by atoms with Crippen LogP contribution in [0.3, 0.4) is 0 Å². The molecular formula is C20H27FN2O4. The topological polar surface area (TPSA) is 114 Å². The van der Waals surface area contributed by atoms with Crippen molar-refractivity contribution >= 4 is 17.4 Å². The molecule has 0 bridgehead atoms. The maximum absolute atomic E-state index is 13.1. The van der Waals surface area contributed by atoms with E-state index in [4.69, 9.17) is 10.8 Å². The van der Waals surface area contributed by atoms with Crippen LogP contribution in [-0.2, 0) is 9.53 Å². The van der Waals surface area contributed by atoms with E-state index in [1.54, 1.807) is 6.08 Å². The molecule has 2 unspecified atom stereocenters. The van der Waals surface area contributed by atoms with Crippen LogP contribution in [-0.4, -0.2) is 46.9 Å². The minimum Gasteiger partial charge on any atom is -0.469 e. The third-order valence-electron chi connectivity index (χ3n) is 4.04. The summed E-state index contributed by atoms with van der Waals surface area (Å²) in [4.78, 5) is 11.1. The molecule has 1 aromatic carbocycles. The van der Waals surface area contributed by atoms with Gasteiger partial charge in [0, 0.05) is 23.3 Å². The SMILES string of the molecule is COC(=O)CC(O)CC(O)C/C=C(\C(=N)c1ccc(F)cc1)C(=N)C(C)C. The van der Waals surface area contributed by atoms with Crippen LogP contribution in [0.4, 0.5) is 4.39 Å². The lowest BCUT2D eigenvalue weighted by Gasteiger charge is -2.17. The predicted octanol–water partition coefficient (Wildman–Crippen LogP) is 2.86. The largest absolute Gasteiger partial charge is 0.469 e. The summed E-state index contributed by atoms with van der Waals surface area (Å²) in [6, 6.07) is 5.43. The van der Waals surface area contributed by atoms with Gasteiger partial charge in [0.2, 0.25) is 0 Å². The Hall–Kier alpha value is -2.38. The normalized spacial score (nSPS) is 14.0. The lowest BCUT2D eigenvalue weighted by molar-refractivity contribution is -0.143. The zero-order valence-corrected chi connectivity index (χ0v) is 15.8. The summed E-state index contributed by atoms with van der Waals surface area (Å²) < 4.78 is 17.6. The Morgan fingerprint density at radius 1 is 1.19 bits per heavy atom. The van der Waals surface area contributed by atoms with Gasteiger partial charge in [-0.15, -0.1) is 0 Å². The molecule has 6 nitrogen and oxygen atoms in total. The van der Waals surface area contributed by atoms with Gasteiger partial charge in [-0.2, -0.15) is 0 Å². The zero-order valence-electron chi connectivity index (χ0n) is 15.8. The highest BCUT2D eigenvalue weighted by Gasteiger charge is 2.19. The van der Waals surface area contributed by atoms with Gasteiger partial charge in [-0.1, -0.05) is 19.9 Å². The second-order valence-electron chi connectivity index (χ2n) is 6.63. The third-order valence-corrected chi connectivity index (χ3v) is 4.04. The number of aliphatic hydroxyl groups excluding tert-OH is 2. The Labute approximate surface area is 158 Å². The maximum Gasteiger partial charge on any atom is 0.308 e. The molecule has 0 aliphatic heterocycles. The van der Waals surface area contributed by atoms with Gasteiger partial charge < -0.3 is 20.4 Å². The Kier molecular flexibility index (Phi) is 8.97. The molecule has 1 rings (SSSR count). The number of nitrogens with one attached hydrogen (secondary N) is 2. The molecule has 0 aliphatic carbocycles. The van der Waals surface area contributed by atoms with Gasteiger partial charge >= 0.3 is 5.97 Å². The second kappa shape index (κ2) is 10.7. The molecule has 7 heteroatoms. The first-order valence-corrected chi connectivity index (χ1v) is 8.72. The Balaban J connectivity index is 2.90. The van der Waals surface area contributed by atoms with Crippen LogP contribution >= 0.6 is 0 Å². The maximum atomic E-state index is 13.1. The first kappa shape index (κ1) is 22.7. The highest BCUT2D eigenvalue weighted by atomic mass is 19.1. The van der Waals surface area contributed by atoms with Crippen LogP contribution in [0, 0.1) is 22.6 Å². The van der Waals surface area contributed by atoms with E-state index in [2.05, 4.69) is 4.74 Å². The molecule has 2 atom stereocenters. The fraction of sp³-hybridized carbons (Fsp3) is 0.450. The number of carbonyl (C=O) groups is 1. The zero-order chi connectivity index (χ0) is 20.6. The average molecular weight is 378 g/mol. The molecule has 0 fully saturated rings. The van der Waals surface area contributed by atoms with Gasteiger partial charge in [0.1, 0.15) is 5.82 Å². The van der Waals surface area contributed by atoms with Gasteiger partial charge in [-0.3, -0.25) is 10.2 Å². The van der Waals surface area contributed by atoms with Crippen molar-refractivity contribution in [1.29, 1.82) is 10.8 Å². The van der Waals surface area contributed by atoms with Gasteiger partial charge in [0.05, 0.1) is 31.5 Å². The number of benzene rings is 1. The summed E-state index contributed by atoms with van der Waals surface area (Å²) in [7, 11) is 1.22. The van der Waals surface area contributed by atoms with E-state index in [0.717, 1.165) is 0 Å². The van der Waals surface area contributed by atoms with Crippen molar-refractivity contribution in [1.82, 2.24) is 0 Å². The van der Waals surface area contributed by atoms with Gasteiger partial charge in [0.25, 0.3) is 0 Å². The Morgan fingerprint density at radius 2 is 1.78 bits per heavy atom. The molecule has 0 saturated heterocycles. The van der Waals surface area contributed by atoms with Crippen LogP contribution in [0.2, 0.25) is 0 Å². The van der Waals surface area contributed by atoms with Crippen LogP contribution < -0.4 is 0 Å². The molecule has 0 radical (unpaired) electrons. The summed E-state index contributed by atoms with van der Waals surface area (Å²) >= 11 is 0. The quantitative estimate of drug-likeness (QED) is 0.370. The molecular weight excluding hydrogens is 351 g/mol. The van der Waals surface area contributed by atoms with Gasteiger partial charge in [-0.05, 0) is 36.6 Å². The molecule has 0 heterocycles. The molecule has 0 saturated carbocycles. The number of ether oxygens (including phenoxy) is 1. The molecule has 0 spiro atoms. The highest BCUT2D eigenvalue weighted by Crippen LogP contribution is 2.17. The van der Waals surface area contributed by atoms with Crippen molar-refractivity contribution < 1.29 is 24.1 Å². The number of methoxy groups -OCH3 is 1. The lowest BCUT2D eigenvalue weighted by atomic mass is 9.91. The molecule has 1 aromatic rings. The monoisotopic (exact) mass is 378 g/mol. The Morgan fingerprint density at radius 3 is 2.30 bits per heavy atom.